The molecule has 1 aromatic rings. The number of ketones is 1. The Labute approximate surface area is 96.8 Å². The molecule has 0 spiro atoms. The van der Waals surface area contributed by atoms with E-state index in [0.717, 1.165) is 25.0 Å². The van der Waals surface area contributed by atoms with Gasteiger partial charge in [-0.05, 0) is 18.9 Å². The van der Waals surface area contributed by atoms with Crippen molar-refractivity contribution >= 4 is 5.78 Å². The van der Waals surface area contributed by atoms with Crippen LogP contribution in [0.4, 0.5) is 0 Å². The largest absolute Gasteiger partial charge is 0.327 e. The van der Waals surface area contributed by atoms with Crippen molar-refractivity contribution in [2.75, 3.05) is 0 Å². The smallest absolute Gasteiger partial charge is 0.134 e. The van der Waals surface area contributed by atoms with Gasteiger partial charge in [-0.3, -0.25) is 9.48 Å². The lowest BCUT2D eigenvalue weighted by Crippen LogP contribution is -2.23. The summed E-state index contributed by atoms with van der Waals surface area (Å²) in [6, 6.07) is 1.98. The number of Topliss-reactive ketones (excluding diaryl/α,β-unsaturated/α-hetero) is 1. The number of aromatic nitrogens is 2. The molecule has 0 amide bonds. The molecule has 0 saturated carbocycles. The van der Waals surface area contributed by atoms with Gasteiger partial charge in [-0.1, -0.05) is 13.3 Å². The van der Waals surface area contributed by atoms with Gasteiger partial charge in [0.1, 0.15) is 5.78 Å². The Kier molecular flexibility index (Phi) is 5.19. The van der Waals surface area contributed by atoms with Crippen molar-refractivity contribution in [2.24, 2.45) is 12.8 Å². The lowest BCUT2D eigenvalue weighted by Gasteiger charge is -2.08. The van der Waals surface area contributed by atoms with E-state index in [9.17, 15) is 4.79 Å². The van der Waals surface area contributed by atoms with Crippen molar-refractivity contribution < 1.29 is 4.79 Å². The molecule has 0 aliphatic rings. The molecular weight excluding hydrogens is 202 g/mol. The maximum Gasteiger partial charge on any atom is 0.134 e. The Morgan fingerprint density at radius 1 is 1.62 bits per heavy atom. The van der Waals surface area contributed by atoms with Crippen molar-refractivity contribution in [3.63, 3.8) is 0 Å². The Morgan fingerprint density at radius 3 is 2.94 bits per heavy atom. The first kappa shape index (κ1) is 12.9. The van der Waals surface area contributed by atoms with Gasteiger partial charge in [0.05, 0.1) is 0 Å². The zero-order valence-electron chi connectivity index (χ0n) is 10.1. The van der Waals surface area contributed by atoms with Crippen molar-refractivity contribution in [3.8, 4) is 0 Å². The zero-order valence-corrected chi connectivity index (χ0v) is 10.1. The topological polar surface area (TPSA) is 60.9 Å². The highest BCUT2D eigenvalue weighted by atomic mass is 16.1. The predicted octanol–water partition coefficient (Wildman–Crippen LogP) is 1.44. The second kappa shape index (κ2) is 6.43. The average Bonchev–Trinajstić information content (AvgIpc) is 2.61. The van der Waals surface area contributed by atoms with Crippen LogP contribution >= 0.6 is 0 Å². The highest BCUT2D eigenvalue weighted by molar-refractivity contribution is 5.79. The fourth-order valence-electron chi connectivity index (χ4n) is 1.78. The molecule has 4 heteroatoms. The van der Waals surface area contributed by atoms with Crippen LogP contribution in [0.1, 0.15) is 38.3 Å². The molecule has 1 atom stereocenters. The Morgan fingerprint density at radius 2 is 2.38 bits per heavy atom. The molecule has 0 aromatic carbocycles. The van der Waals surface area contributed by atoms with E-state index >= 15 is 0 Å². The van der Waals surface area contributed by atoms with E-state index in [-0.39, 0.29) is 11.8 Å². The summed E-state index contributed by atoms with van der Waals surface area (Å²) in [5.74, 6) is 0.252. The third-order valence-corrected chi connectivity index (χ3v) is 2.73. The number of carbonyl (C=O) groups is 1. The third kappa shape index (κ3) is 4.14. The second-order valence-electron chi connectivity index (χ2n) is 4.24. The standard InChI is InChI=1S/C12H21N3O/c1-3-4-10(13)9-12(16)6-5-11-7-8-14-15(11)2/h7-8,10H,3-6,9,13H2,1-2H3. The van der Waals surface area contributed by atoms with E-state index in [2.05, 4.69) is 12.0 Å². The number of nitrogens with zero attached hydrogens (tertiary/aromatic N) is 2. The summed E-state index contributed by atoms with van der Waals surface area (Å²) < 4.78 is 1.80. The molecule has 2 N–H and O–H groups in total. The molecule has 0 aliphatic heterocycles. The van der Waals surface area contributed by atoms with Crippen molar-refractivity contribution in [1.82, 2.24) is 9.78 Å². The van der Waals surface area contributed by atoms with E-state index in [1.807, 2.05) is 13.1 Å². The van der Waals surface area contributed by atoms with E-state index in [1.54, 1.807) is 10.9 Å². The molecule has 1 aromatic heterocycles. The summed E-state index contributed by atoms with van der Waals surface area (Å²) in [7, 11) is 1.89. The van der Waals surface area contributed by atoms with Crippen LogP contribution in [0.2, 0.25) is 0 Å². The zero-order chi connectivity index (χ0) is 12.0. The van der Waals surface area contributed by atoms with Gasteiger partial charge >= 0.3 is 0 Å². The van der Waals surface area contributed by atoms with Gasteiger partial charge in [0.2, 0.25) is 0 Å². The first-order chi connectivity index (χ1) is 7.63. The molecule has 0 aliphatic carbocycles. The van der Waals surface area contributed by atoms with Crippen molar-refractivity contribution in [3.05, 3.63) is 18.0 Å². The number of nitrogens with two attached hydrogens (primary N) is 1. The number of hydrogen-bond acceptors (Lipinski definition) is 3. The Hall–Kier alpha value is -1.16. The van der Waals surface area contributed by atoms with Gasteiger partial charge in [0.25, 0.3) is 0 Å². The summed E-state index contributed by atoms with van der Waals surface area (Å²) in [6.45, 7) is 2.08. The van der Waals surface area contributed by atoms with Gasteiger partial charge in [-0.15, -0.1) is 0 Å². The van der Waals surface area contributed by atoms with E-state index < -0.39 is 0 Å². The Bertz CT molecular complexity index is 333. The SMILES string of the molecule is CCCC(N)CC(=O)CCc1ccnn1C. The highest BCUT2D eigenvalue weighted by Crippen LogP contribution is 2.06. The van der Waals surface area contributed by atoms with Crippen LogP contribution < -0.4 is 5.73 Å². The maximum absolute atomic E-state index is 11.6. The fourth-order valence-corrected chi connectivity index (χ4v) is 1.78. The fraction of sp³-hybridized carbons (Fsp3) is 0.667. The molecular formula is C12H21N3O. The number of aryl methyl sites for hydroxylation is 2. The van der Waals surface area contributed by atoms with Crippen LogP contribution in [-0.2, 0) is 18.3 Å². The van der Waals surface area contributed by atoms with Gasteiger partial charge < -0.3 is 5.73 Å². The number of rotatable bonds is 7. The minimum Gasteiger partial charge on any atom is -0.327 e. The molecule has 0 radical (unpaired) electrons. The molecule has 0 saturated heterocycles. The predicted molar refractivity (Wildman–Crippen MR) is 64.0 cm³/mol. The lowest BCUT2D eigenvalue weighted by atomic mass is 10.0. The Balaban J connectivity index is 2.28. The second-order valence-corrected chi connectivity index (χ2v) is 4.24. The minimum absolute atomic E-state index is 0.0315. The van der Waals surface area contributed by atoms with Gasteiger partial charge in [0, 0.05) is 37.8 Å². The van der Waals surface area contributed by atoms with Crippen molar-refractivity contribution in [2.45, 2.75) is 45.1 Å². The van der Waals surface area contributed by atoms with Crippen molar-refractivity contribution in [1.29, 1.82) is 0 Å². The lowest BCUT2D eigenvalue weighted by molar-refractivity contribution is -0.119. The van der Waals surface area contributed by atoms with Crippen LogP contribution in [-0.4, -0.2) is 21.6 Å². The van der Waals surface area contributed by atoms with Gasteiger partial charge in [-0.2, -0.15) is 5.10 Å². The summed E-state index contributed by atoms with van der Waals surface area (Å²) in [5.41, 5.74) is 6.92. The first-order valence-electron chi connectivity index (χ1n) is 5.87. The van der Waals surface area contributed by atoms with Gasteiger partial charge in [0.15, 0.2) is 0 Å². The van der Waals surface area contributed by atoms with Gasteiger partial charge in [-0.25, -0.2) is 0 Å². The first-order valence-corrected chi connectivity index (χ1v) is 5.87. The maximum atomic E-state index is 11.6. The monoisotopic (exact) mass is 223 g/mol. The molecule has 1 rings (SSSR count). The van der Waals surface area contributed by atoms with Crippen LogP contribution in [0.25, 0.3) is 0 Å². The highest BCUT2D eigenvalue weighted by Gasteiger charge is 2.09. The van der Waals surface area contributed by atoms with Crippen LogP contribution in [0.3, 0.4) is 0 Å². The molecule has 16 heavy (non-hydrogen) atoms. The number of carbonyl (C=O) groups excluding carboxylic acids is 1. The van der Waals surface area contributed by atoms with E-state index in [1.165, 1.54) is 0 Å². The molecule has 1 unspecified atom stereocenters. The molecule has 0 fully saturated rings. The molecule has 90 valence electrons. The quantitative estimate of drug-likeness (QED) is 0.761. The normalized spacial score (nSPS) is 12.7. The van der Waals surface area contributed by atoms with Crippen LogP contribution in [0.15, 0.2) is 12.3 Å². The average molecular weight is 223 g/mol. The van der Waals surface area contributed by atoms with E-state index in [0.29, 0.717) is 12.8 Å². The molecule has 1 heterocycles. The summed E-state index contributed by atoms with van der Waals surface area (Å²) in [4.78, 5) is 11.6. The summed E-state index contributed by atoms with van der Waals surface area (Å²) >= 11 is 0. The van der Waals surface area contributed by atoms with E-state index in [4.69, 9.17) is 5.73 Å². The number of hydrogen-bond donors (Lipinski definition) is 1. The van der Waals surface area contributed by atoms with Crippen LogP contribution in [0, 0.1) is 0 Å². The van der Waals surface area contributed by atoms with Crippen LogP contribution in [0.5, 0.6) is 0 Å². The molecule has 4 nitrogen and oxygen atoms in total. The summed E-state index contributed by atoms with van der Waals surface area (Å²) in [5, 5.41) is 4.07. The minimum atomic E-state index is 0.0315. The third-order valence-electron chi connectivity index (χ3n) is 2.73. The summed E-state index contributed by atoms with van der Waals surface area (Å²) in [6.07, 6.45) is 5.55. The molecule has 0 bridgehead atoms.